The molecule has 86 heavy (non-hydrogen) atoms. The Hall–Kier alpha value is -6.96. The van der Waals surface area contributed by atoms with Crippen molar-refractivity contribution in [1.29, 1.82) is 0 Å². The van der Waals surface area contributed by atoms with Crippen LogP contribution in [0, 0.1) is 11.8 Å². The third-order valence-corrected chi connectivity index (χ3v) is 14.7. The Labute approximate surface area is 542 Å². The van der Waals surface area contributed by atoms with Crippen LogP contribution in [0.2, 0.25) is 0 Å². The standard InChI is InChI=1S/2C30H36N2O10.2Na/c2*1-18(30(37)38)9-28(34)32-16-20-11-24(40-3)26(13-22(20)17-32)42-8-4-7-41-25-12-21-15-31(27(33)5-6-29(35)36)14-19(21)10-23(25)39-2;;/h2*10-13,18H,4-9,14-17H2,1-3H3,(H,35,36)(H,37,38);;/q;;2*+1/p-2/t2*18-;;/m00../s1. The Morgan fingerprint density at radius 1 is 0.384 bits per heavy atom. The first-order chi connectivity index (χ1) is 40.2. The van der Waals surface area contributed by atoms with Crippen LogP contribution >= 0.6 is 0 Å². The quantitative estimate of drug-likeness (QED) is 0.0449. The van der Waals surface area contributed by atoms with Gasteiger partial charge in [0.05, 0.1) is 67.7 Å². The minimum Gasteiger partial charge on any atom is -0.550 e. The van der Waals surface area contributed by atoms with Crippen LogP contribution in [0.15, 0.2) is 48.5 Å². The molecule has 26 heteroatoms. The van der Waals surface area contributed by atoms with Crippen LogP contribution < -0.4 is 107 Å². The van der Waals surface area contributed by atoms with Crippen molar-refractivity contribution in [1.82, 2.24) is 19.6 Å². The predicted octanol–water partition coefficient (Wildman–Crippen LogP) is -2.24. The summed E-state index contributed by atoms with van der Waals surface area (Å²) in [5.74, 6) is -2.80. The molecule has 0 bridgehead atoms. The van der Waals surface area contributed by atoms with E-state index in [4.69, 9.17) is 48.1 Å². The molecule has 0 aliphatic carbocycles. The van der Waals surface area contributed by atoms with Crippen molar-refractivity contribution in [2.24, 2.45) is 11.8 Å². The van der Waals surface area contributed by atoms with Crippen molar-refractivity contribution < 1.29 is 156 Å². The second kappa shape index (κ2) is 32.7. The fourth-order valence-electron chi connectivity index (χ4n) is 9.96. The summed E-state index contributed by atoms with van der Waals surface area (Å²) in [6.45, 7) is 7.27. The molecule has 4 heterocycles. The SMILES string of the molecule is COc1cc2c(cc1OCCCOc1cc3c(cc1OC)CN(C(=O)C[C@H](C)C(=O)[O-])C3)CN(C(=O)CCC(=O)O)C2.COc1cc2c(cc1OCCCOc1cc3c(cc1OC)CN(C(=O)C[C@H](C)C(=O)[O-])C3)CN(C(=O)CCC(=O)O)C2.[Na+].[Na+]. The van der Waals surface area contributed by atoms with Crippen LogP contribution in [-0.2, 0) is 90.7 Å². The number of hydrogen-bond donors (Lipinski definition) is 2. The topological polar surface area (TPSA) is 310 Å². The van der Waals surface area contributed by atoms with Gasteiger partial charge in [0.25, 0.3) is 0 Å². The number of nitrogens with zero attached hydrogens (tertiary/aromatic N) is 4. The number of hydrogen-bond acceptors (Lipinski definition) is 18. The van der Waals surface area contributed by atoms with E-state index < -0.39 is 35.7 Å². The summed E-state index contributed by atoms with van der Waals surface area (Å²) in [6, 6.07) is 14.7. The molecule has 4 aliphatic rings. The van der Waals surface area contributed by atoms with Crippen molar-refractivity contribution in [3.8, 4) is 46.0 Å². The average Bonchev–Trinajstić information content (AvgIpc) is 3.12. The van der Waals surface area contributed by atoms with Crippen LogP contribution in [0.4, 0.5) is 0 Å². The summed E-state index contributed by atoms with van der Waals surface area (Å²) in [4.78, 5) is 99.9. The summed E-state index contributed by atoms with van der Waals surface area (Å²) in [7, 11) is 6.17. The normalized spacial score (nSPS) is 13.8. The number of carboxylic acids is 4. The summed E-state index contributed by atoms with van der Waals surface area (Å²) < 4.78 is 45.9. The third-order valence-electron chi connectivity index (χ3n) is 14.7. The second-order valence-corrected chi connectivity index (χ2v) is 20.8. The van der Waals surface area contributed by atoms with Gasteiger partial charge in [-0.05, 0) is 93.0 Å². The summed E-state index contributed by atoms with van der Waals surface area (Å²) in [5.41, 5.74) is 7.38. The van der Waals surface area contributed by atoms with Gasteiger partial charge in [0.1, 0.15) is 0 Å². The number of fused-ring (bicyclic) bond motifs is 4. The molecule has 4 aliphatic heterocycles. The third kappa shape index (κ3) is 18.5. The zero-order valence-corrected chi connectivity index (χ0v) is 53.9. The molecule has 2 N–H and O–H groups in total. The van der Waals surface area contributed by atoms with E-state index in [9.17, 15) is 48.6 Å². The van der Waals surface area contributed by atoms with Gasteiger partial charge in [-0.25, -0.2) is 0 Å². The first-order valence-electron chi connectivity index (χ1n) is 27.5. The number of ether oxygens (including phenoxy) is 8. The molecule has 4 amide bonds. The second-order valence-electron chi connectivity index (χ2n) is 20.8. The van der Waals surface area contributed by atoms with E-state index >= 15 is 0 Å². The number of rotatable bonds is 28. The molecule has 452 valence electrons. The minimum absolute atomic E-state index is 0. The fraction of sp³-hybridized carbons (Fsp3) is 0.467. The molecule has 0 radical (unpaired) electrons. The van der Waals surface area contributed by atoms with Crippen molar-refractivity contribution in [3.05, 3.63) is 93.0 Å². The van der Waals surface area contributed by atoms with Crippen molar-refractivity contribution in [3.63, 3.8) is 0 Å². The van der Waals surface area contributed by atoms with E-state index in [1.165, 1.54) is 28.1 Å². The number of aliphatic carboxylic acids is 4. The van der Waals surface area contributed by atoms with Gasteiger partial charge in [0.2, 0.25) is 23.6 Å². The first-order valence-corrected chi connectivity index (χ1v) is 27.5. The molecule has 8 rings (SSSR count). The number of carbonyl (C=O) groups excluding carboxylic acids is 6. The Bertz CT molecular complexity index is 2930. The zero-order chi connectivity index (χ0) is 60.8. The number of amides is 4. The molecule has 2 atom stereocenters. The maximum absolute atomic E-state index is 12.5. The largest absolute Gasteiger partial charge is 1.00 e. The van der Waals surface area contributed by atoms with Crippen molar-refractivity contribution >= 4 is 47.5 Å². The molecule has 0 spiro atoms. The van der Waals surface area contributed by atoms with E-state index in [1.54, 1.807) is 33.8 Å². The van der Waals surface area contributed by atoms with Gasteiger partial charge < -0.3 is 87.5 Å². The predicted molar refractivity (Wildman–Crippen MR) is 292 cm³/mol. The smallest absolute Gasteiger partial charge is 0.550 e. The summed E-state index contributed by atoms with van der Waals surface area (Å²) >= 11 is 0. The molecule has 0 saturated heterocycles. The fourth-order valence-corrected chi connectivity index (χ4v) is 9.96. The van der Waals surface area contributed by atoms with E-state index in [0.717, 1.165) is 44.5 Å². The van der Waals surface area contributed by atoms with Crippen LogP contribution in [0.5, 0.6) is 46.0 Å². The molecule has 0 unspecified atom stereocenters. The zero-order valence-electron chi connectivity index (χ0n) is 49.9. The van der Waals surface area contributed by atoms with Gasteiger partial charge >= 0.3 is 71.1 Å². The Balaban J connectivity index is 0.000000307. The van der Waals surface area contributed by atoms with Gasteiger partial charge in [0.15, 0.2) is 46.0 Å². The molecular formula is C60H70N4Na2O20. The summed E-state index contributed by atoms with van der Waals surface area (Å²) in [6.07, 6.45) is 0.375. The molecule has 24 nitrogen and oxygen atoms in total. The Morgan fingerprint density at radius 2 is 0.593 bits per heavy atom. The Morgan fingerprint density at radius 3 is 0.791 bits per heavy atom. The monoisotopic (exact) mass is 1210 g/mol. The van der Waals surface area contributed by atoms with E-state index in [2.05, 4.69) is 0 Å². The molecule has 4 aromatic carbocycles. The molecule has 0 saturated carbocycles. The first kappa shape index (κ1) is 69.8. The average molecular weight is 1210 g/mol. The van der Waals surface area contributed by atoms with E-state index in [1.807, 2.05) is 48.5 Å². The van der Waals surface area contributed by atoms with Gasteiger partial charge in [-0.1, -0.05) is 13.8 Å². The molecule has 0 fully saturated rings. The van der Waals surface area contributed by atoms with Crippen molar-refractivity contribution in [2.75, 3.05) is 54.9 Å². The van der Waals surface area contributed by atoms with Gasteiger partial charge in [-0.3, -0.25) is 28.8 Å². The maximum atomic E-state index is 12.5. The van der Waals surface area contributed by atoms with Crippen LogP contribution in [-0.4, -0.2) is 132 Å². The minimum atomic E-state index is -1.25. The van der Waals surface area contributed by atoms with Gasteiger partial charge in [-0.15, -0.1) is 0 Å². The molecular weight excluding hydrogens is 1140 g/mol. The molecule has 0 aromatic heterocycles. The van der Waals surface area contributed by atoms with E-state index in [0.29, 0.717) is 138 Å². The number of methoxy groups -OCH3 is 4. The number of benzene rings is 4. The van der Waals surface area contributed by atoms with Crippen LogP contribution in [0.25, 0.3) is 0 Å². The van der Waals surface area contributed by atoms with Crippen LogP contribution in [0.3, 0.4) is 0 Å². The van der Waals surface area contributed by atoms with Crippen LogP contribution in [0.1, 0.15) is 110 Å². The Kier molecular flexibility index (Phi) is 26.5. The van der Waals surface area contributed by atoms with Gasteiger partial charge in [0, 0.05) is 115 Å². The number of carbonyl (C=O) groups is 8. The number of carboxylic acid groups (broad SMARTS) is 4. The maximum Gasteiger partial charge on any atom is 1.00 e. The summed E-state index contributed by atoms with van der Waals surface area (Å²) in [5, 5.41) is 39.7. The van der Waals surface area contributed by atoms with E-state index in [-0.39, 0.29) is 121 Å². The molecule has 4 aromatic rings. The van der Waals surface area contributed by atoms with Crippen molar-refractivity contribution in [2.45, 2.75) is 118 Å². The van der Waals surface area contributed by atoms with Gasteiger partial charge in [-0.2, -0.15) is 0 Å².